The van der Waals surface area contributed by atoms with E-state index in [1.165, 1.54) is 0 Å². The van der Waals surface area contributed by atoms with Gasteiger partial charge < -0.3 is 24.5 Å². The molecule has 1 saturated heterocycles. The predicted molar refractivity (Wildman–Crippen MR) is 176 cm³/mol. The summed E-state index contributed by atoms with van der Waals surface area (Å²) < 4.78 is 15.3. The summed E-state index contributed by atoms with van der Waals surface area (Å²) in [7, 11) is 0. The van der Waals surface area contributed by atoms with Crippen molar-refractivity contribution in [2.24, 2.45) is 0 Å². The Morgan fingerprint density at radius 3 is 2.38 bits per heavy atom. The van der Waals surface area contributed by atoms with Crippen LogP contribution in [0.5, 0.6) is 0 Å². The first-order chi connectivity index (χ1) is 23.0. The second kappa shape index (κ2) is 15.1. The highest BCUT2D eigenvalue weighted by Crippen LogP contribution is 2.39. The Balaban J connectivity index is 1.15. The average Bonchev–Trinajstić information content (AvgIpc) is 3.53. The minimum Gasteiger partial charge on any atom is -0.392 e. The van der Waals surface area contributed by atoms with E-state index in [1.807, 2.05) is 97.3 Å². The third kappa shape index (κ3) is 8.11. The predicted octanol–water partition coefficient (Wildman–Crippen LogP) is 5.73. The summed E-state index contributed by atoms with van der Waals surface area (Å²) in [6.45, 7) is 0.991. The quantitative estimate of drug-likeness (QED) is 0.102. The zero-order valence-corrected chi connectivity index (χ0v) is 25.9. The van der Waals surface area contributed by atoms with Crippen molar-refractivity contribution < 1.29 is 29.4 Å². The number of aromatic nitrogens is 2. The van der Waals surface area contributed by atoms with Gasteiger partial charge in [-0.3, -0.25) is 14.8 Å². The number of carbonyl (C=O) groups excluding carboxylic acids is 2. The van der Waals surface area contributed by atoms with Gasteiger partial charge in [-0.25, -0.2) is 10.5 Å². The van der Waals surface area contributed by atoms with E-state index in [2.05, 4.69) is 20.9 Å². The number of benzene rings is 4. The molecule has 0 spiro atoms. The molecule has 0 aliphatic carbocycles. The molecular weight excluding hydrogens is 596 g/mol. The lowest BCUT2D eigenvalue weighted by Crippen LogP contribution is -2.32. The van der Waals surface area contributed by atoms with Crippen LogP contribution in [0.4, 0.5) is 0 Å². The van der Waals surface area contributed by atoms with Crippen molar-refractivity contribution in [3.8, 4) is 11.1 Å². The molecule has 6 rings (SSSR count). The number of rotatable bonds is 12. The Morgan fingerprint density at radius 2 is 1.60 bits per heavy atom. The van der Waals surface area contributed by atoms with Crippen molar-refractivity contribution in [2.75, 3.05) is 0 Å². The van der Waals surface area contributed by atoms with Gasteiger partial charge in [-0.2, -0.15) is 0 Å². The summed E-state index contributed by atoms with van der Waals surface area (Å²) >= 11 is 0. The molecule has 1 aliphatic heterocycles. The van der Waals surface area contributed by atoms with E-state index in [0.29, 0.717) is 25.9 Å². The van der Waals surface area contributed by atoms with Gasteiger partial charge in [-0.15, -0.1) is 0 Å². The van der Waals surface area contributed by atoms with Gasteiger partial charge in [-0.05, 0) is 52.4 Å². The van der Waals surface area contributed by atoms with Crippen LogP contribution in [0.2, 0.25) is 0 Å². The van der Waals surface area contributed by atoms with Crippen LogP contribution >= 0.6 is 0 Å². The molecule has 3 atom stereocenters. The molecule has 0 unspecified atom stereocenters. The second-order valence-electron chi connectivity index (χ2n) is 11.7. The molecule has 4 N–H and O–H groups in total. The van der Waals surface area contributed by atoms with E-state index < -0.39 is 12.2 Å². The third-order valence-electron chi connectivity index (χ3n) is 8.41. The Labute approximate surface area is 272 Å². The summed E-state index contributed by atoms with van der Waals surface area (Å²) in [6.07, 6.45) is 2.27. The van der Waals surface area contributed by atoms with E-state index in [9.17, 15) is 14.7 Å². The normalized spacial score (nSPS) is 17.8. The zero-order chi connectivity index (χ0) is 32.6. The Kier molecular flexibility index (Phi) is 10.3. The molecule has 2 heterocycles. The fourth-order valence-electron chi connectivity index (χ4n) is 5.86. The fourth-order valence-corrected chi connectivity index (χ4v) is 5.86. The van der Waals surface area contributed by atoms with Crippen LogP contribution < -0.4 is 10.8 Å². The maximum absolute atomic E-state index is 12.2. The summed E-state index contributed by atoms with van der Waals surface area (Å²) in [5.74, 6) is -0.658. The van der Waals surface area contributed by atoms with Gasteiger partial charge >= 0.3 is 0 Å². The first-order valence-electron chi connectivity index (χ1n) is 15.8. The SMILES string of the molecule is O=C(CCCC(=O)NCc1cccc(-c2ccc([C@H]3O[C@@H](Cn4cnc5ccccc54)C[C@@H](c4ccc(CO)cc4)O3)cc2)c1)NO. The van der Waals surface area contributed by atoms with Gasteiger partial charge in [0.15, 0.2) is 6.29 Å². The van der Waals surface area contributed by atoms with Crippen LogP contribution in [0.15, 0.2) is 103 Å². The molecule has 1 aliphatic rings. The number of nitrogens with one attached hydrogen (secondary N) is 2. The maximum atomic E-state index is 12.2. The number of aliphatic hydroxyl groups excluding tert-OH is 1. The van der Waals surface area contributed by atoms with Crippen LogP contribution in [-0.4, -0.2) is 37.8 Å². The highest BCUT2D eigenvalue weighted by Gasteiger charge is 2.32. The standard InChI is InChI=1S/C37H38N4O6/c42-23-25-11-13-28(14-12-25)34-20-31(22-41-24-39-32-7-1-2-8-33(32)41)46-37(47-34)29-17-15-27(16-18-29)30-6-3-5-26(19-30)21-38-35(43)9-4-10-36(44)40-45/h1-3,5-8,11-19,24,31,34,37,42,45H,4,9-10,20-23H2,(H,38,43)(H,40,44)/t31-,34+,37+/m1/s1. The maximum Gasteiger partial charge on any atom is 0.243 e. The largest absolute Gasteiger partial charge is 0.392 e. The van der Waals surface area contributed by atoms with Crippen molar-refractivity contribution in [3.05, 3.63) is 126 Å². The molecule has 242 valence electrons. The van der Waals surface area contributed by atoms with Gasteiger partial charge in [-0.1, -0.05) is 78.9 Å². The van der Waals surface area contributed by atoms with Crippen molar-refractivity contribution >= 4 is 22.8 Å². The minimum absolute atomic E-state index is 0.00878. The third-order valence-corrected chi connectivity index (χ3v) is 8.41. The van der Waals surface area contributed by atoms with Crippen molar-refractivity contribution in [3.63, 3.8) is 0 Å². The van der Waals surface area contributed by atoms with Gasteiger partial charge in [0.05, 0.1) is 42.7 Å². The topological polar surface area (TPSA) is 135 Å². The second-order valence-corrected chi connectivity index (χ2v) is 11.7. The molecule has 5 aromatic rings. The van der Waals surface area contributed by atoms with E-state index in [4.69, 9.17) is 14.7 Å². The van der Waals surface area contributed by atoms with E-state index in [1.54, 1.807) is 5.48 Å². The zero-order valence-electron chi connectivity index (χ0n) is 25.9. The number of hydrogen-bond donors (Lipinski definition) is 4. The number of amides is 2. The molecule has 0 saturated carbocycles. The van der Waals surface area contributed by atoms with Crippen LogP contribution in [0.25, 0.3) is 22.2 Å². The summed E-state index contributed by atoms with van der Waals surface area (Å²) in [6, 6.07) is 32.1. The van der Waals surface area contributed by atoms with Crippen molar-refractivity contribution in [2.45, 2.75) is 63.9 Å². The summed E-state index contributed by atoms with van der Waals surface area (Å²) in [5.41, 5.74) is 9.35. The highest BCUT2D eigenvalue weighted by molar-refractivity contribution is 5.78. The average molecular weight is 635 g/mol. The monoisotopic (exact) mass is 634 g/mol. The van der Waals surface area contributed by atoms with Gasteiger partial charge in [0.25, 0.3) is 0 Å². The number of fused-ring (bicyclic) bond motifs is 1. The Morgan fingerprint density at radius 1 is 0.830 bits per heavy atom. The molecule has 1 fully saturated rings. The molecular formula is C37H38N4O6. The van der Waals surface area contributed by atoms with E-state index >= 15 is 0 Å². The number of carbonyl (C=O) groups is 2. The fraction of sp³-hybridized carbons (Fsp3) is 0.270. The number of nitrogens with zero attached hydrogens (tertiary/aromatic N) is 2. The van der Waals surface area contributed by atoms with Crippen molar-refractivity contribution in [1.82, 2.24) is 20.3 Å². The van der Waals surface area contributed by atoms with E-state index in [-0.39, 0.29) is 37.6 Å². The first-order valence-corrected chi connectivity index (χ1v) is 15.8. The number of hydroxylamine groups is 1. The van der Waals surface area contributed by atoms with Gasteiger partial charge in [0.2, 0.25) is 11.8 Å². The van der Waals surface area contributed by atoms with Gasteiger partial charge in [0.1, 0.15) is 0 Å². The number of para-hydroxylation sites is 2. The first kappa shape index (κ1) is 32.1. The molecule has 0 bridgehead atoms. The van der Waals surface area contributed by atoms with E-state index in [0.717, 1.165) is 44.4 Å². The lowest BCUT2D eigenvalue weighted by molar-refractivity contribution is -0.252. The number of aliphatic hydroxyl groups is 1. The molecule has 10 heteroatoms. The molecule has 1 aromatic heterocycles. The van der Waals surface area contributed by atoms with Crippen LogP contribution in [0, 0.1) is 0 Å². The Bertz CT molecular complexity index is 1800. The molecule has 4 aromatic carbocycles. The number of hydrogen-bond acceptors (Lipinski definition) is 7. The van der Waals surface area contributed by atoms with Gasteiger partial charge in [0, 0.05) is 31.4 Å². The van der Waals surface area contributed by atoms with Crippen LogP contribution in [0.1, 0.15) is 60.3 Å². The molecule has 2 amide bonds. The van der Waals surface area contributed by atoms with Crippen molar-refractivity contribution in [1.29, 1.82) is 0 Å². The molecule has 10 nitrogen and oxygen atoms in total. The number of imidazole rings is 1. The van der Waals surface area contributed by atoms with Crippen LogP contribution in [0.3, 0.4) is 0 Å². The summed E-state index contributed by atoms with van der Waals surface area (Å²) in [4.78, 5) is 27.9. The smallest absolute Gasteiger partial charge is 0.243 e. The molecule has 47 heavy (non-hydrogen) atoms. The van der Waals surface area contributed by atoms with Crippen LogP contribution in [-0.2, 0) is 38.8 Å². The highest BCUT2D eigenvalue weighted by atomic mass is 16.7. The Hall–Kier alpha value is -4.87. The summed E-state index contributed by atoms with van der Waals surface area (Å²) in [5, 5.41) is 21.0. The molecule has 0 radical (unpaired) electrons. The minimum atomic E-state index is -0.579. The lowest BCUT2D eigenvalue weighted by Gasteiger charge is -2.36. The lowest BCUT2D eigenvalue weighted by atomic mass is 9.99. The number of ether oxygens (including phenoxy) is 2.